The van der Waals surface area contributed by atoms with Gasteiger partial charge in [-0.15, -0.1) is 0 Å². The average Bonchev–Trinajstić information content (AvgIpc) is 2.17. The number of aryl methyl sites for hydroxylation is 2. The Morgan fingerprint density at radius 3 is 1.60 bits per heavy atom. The van der Waals surface area contributed by atoms with Crippen LogP contribution < -0.4 is 0 Å². The van der Waals surface area contributed by atoms with Crippen molar-refractivity contribution in [1.82, 2.24) is 0 Å². The highest BCUT2D eigenvalue weighted by molar-refractivity contribution is 5.39. The molecule has 0 atom stereocenters. The van der Waals surface area contributed by atoms with E-state index in [1.807, 2.05) is 0 Å². The van der Waals surface area contributed by atoms with Gasteiger partial charge >= 0.3 is 0 Å². The van der Waals surface area contributed by atoms with Crippen LogP contribution in [0.2, 0.25) is 0 Å². The van der Waals surface area contributed by atoms with Gasteiger partial charge < -0.3 is 0 Å². The summed E-state index contributed by atoms with van der Waals surface area (Å²) in [6.45, 7) is 4.24. The van der Waals surface area contributed by atoms with E-state index in [1.165, 1.54) is 22.3 Å². The lowest BCUT2D eigenvalue weighted by Crippen LogP contribution is -1.86. The molecule has 0 fully saturated rings. The van der Waals surface area contributed by atoms with E-state index in [9.17, 15) is 0 Å². The zero-order chi connectivity index (χ0) is 10.7. The fraction of sp³-hybridized carbons (Fsp3) is 0.133. The third-order valence-electron chi connectivity index (χ3n) is 2.42. The second-order valence-electron chi connectivity index (χ2n) is 3.97. The van der Waals surface area contributed by atoms with Gasteiger partial charge in [0.2, 0.25) is 0 Å². The summed E-state index contributed by atoms with van der Waals surface area (Å²) in [4.78, 5) is 0. The molecule has 0 bridgehead atoms. The summed E-state index contributed by atoms with van der Waals surface area (Å²) >= 11 is 0. The Bertz CT molecular complexity index is 412. The molecule has 15 heavy (non-hydrogen) atoms. The normalized spacial score (nSPS) is 10.3. The minimum absolute atomic E-state index is 1.26. The molecular weight excluding hydrogens is 180 g/mol. The van der Waals surface area contributed by atoms with Crippen molar-refractivity contribution < 1.29 is 0 Å². The van der Waals surface area contributed by atoms with Crippen LogP contribution in [0.1, 0.15) is 22.3 Å². The Morgan fingerprint density at radius 1 is 0.733 bits per heavy atom. The van der Waals surface area contributed by atoms with E-state index in [2.05, 4.69) is 68.8 Å². The van der Waals surface area contributed by atoms with E-state index < -0.39 is 0 Å². The Hall–Kier alpha value is -1.56. The Morgan fingerprint density at radius 2 is 1.20 bits per heavy atom. The molecule has 2 rings (SSSR count). The van der Waals surface area contributed by atoms with E-state index >= 15 is 0 Å². The standard InChI is InChI=1S/C15H15/c1-12-5-3-7-14(9-12)11-15-8-4-6-13(2)10-15/h3-11H,1-2H3. The van der Waals surface area contributed by atoms with E-state index in [4.69, 9.17) is 0 Å². The summed E-state index contributed by atoms with van der Waals surface area (Å²) in [5, 5.41) is 0. The summed E-state index contributed by atoms with van der Waals surface area (Å²) in [5.41, 5.74) is 5.13. The van der Waals surface area contributed by atoms with Crippen LogP contribution in [-0.2, 0) is 0 Å². The molecule has 0 aromatic heterocycles. The number of hydrogen-bond donors (Lipinski definition) is 0. The van der Waals surface area contributed by atoms with Gasteiger partial charge in [-0.05, 0) is 25.0 Å². The first-order valence-corrected chi connectivity index (χ1v) is 5.22. The van der Waals surface area contributed by atoms with Crippen molar-refractivity contribution in [3.63, 3.8) is 0 Å². The lowest BCUT2D eigenvalue weighted by molar-refractivity contribution is 1.35. The maximum atomic E-state index is 2.21. The predicted octanol–water partition coefficient (Wildman–Crippen LogP) is 3.90. The largest absolute Gasteiger partial charge is 0.0617 e. The first-order valence-electron chi connectivity index (χ1n) is 5.22. The summed E-state index contributed by atoms with van der Waals surface area (Å²) in [5.74, 6) is 0. The molecule has 2 aromatic rings. The zero-order valence-electron chi connectivity index (χ0n) is 9.20. The smallest absolute Gasteiger partial charge is 0.0199 e. The molecule has 0 saturated carbocycles. The fourth-order valence-electron chi connectivity index (χ4n) is 1.71. The van der Waals surface area contributed by atoms with Crippen LogP contribution in [0.5, 0.6) is 0 Å². The third-order valence-corrected chi connectivity index (χ3v) is 2.42. The maximum absolute atomic E-state index is 2.21. The van der Waals surface area contributed by atoms with Crippen molar-refractivity contribution in [2.75, 3.05) is 0 Å². The molecule has 0 aliphatic carbocycles. The van der Waals surface area contributed by atoms with Gasteiger partial charge in [0.25, 0.3) is 0 Å². The molecule has 0 amide bonds. The lowest BCUT2D eigenvalue weighted by Gasteiger charge is -2.03. The Balaban J connectivity index is 2.22. The summed E-state index contributed by atoms with van der Waals surface area (Å²) in [6, 6.07) is 17.1. The van der Waals surface area contributed by atoms with E-state index in [0.717, 1.165) is 0 Å². The highest BCUT2D eigenvalue weighted by Crippen LogP contribution is 2.14. The van der Waals surface area contributed by atoms with Crippen molar-refractivity contribution >= 4 is 0 Å². The van der Waals surface area contributed by atoms with Crippen LogP contribution in [0.25, 0.3) is 0 Å². The van der Waals surface area contributed by atoms with Crippen molar-refractivity contribution in [3.8, 4) is 0 Å². The fourth-order valence-corrected chi connectivity index (χ4v) is 1.71. The highest BCUT2D eigenvalue weighted by atomic mass is 14.0. The SMILES string of the molecule is Cc1cccc([CH]c2cccc(C)c2)c1. The van der Waals surface area contributed by atoms with Crippen LogP contribution in [0.4, 0.5) is 0 Å². The predicted molar refractivity (Wildman–Crippen MR) is 64.9 cm³/mol. The summed E-state index contributed by atoms with van der Waals surface area (Å²) < 4.78 is 0. The third kappa shape index (κ3) is 2.69. The molecule has 2 aromatic carbocycles. The highest BCUT2D eigenvalue weighted by Gasteiger charge is 1.97. The molecule has 0 heteroatoms. The monoisotopic (exact) mass is 195 g/mol. The molecule has 0 N–H and O–H groups in total. The minimum Gasteiger partial charge on any atom is -0.0617 e. The number of rotatable bonds is 2. The molecular formula is C15H15. The Kier molecular flexibility index (Phi) is 2.86. The molecule has 1 radical (unpaired) electrons. The summed E-state index contributed by atoms with van der Waals surface area (Å²) in [6.07, 6.45) is 2.21. The van der Waals surface area contributed by atoms with Crippen LogP contribution in [0.15, 0.2) is 48.5 Å². The minimum atomic E-state index is 1.26. The van der Waals surface area contributed by atoms with E-state index in [-0.39, 0.29) is 0 Å². The van der Waals surface area contributed by atoms with Gasteiger partial charge in [-0.1, -0.05) is 59.7 Å². The number of hydrogen-bond acceptors (Lipinski definition) is 0. The van der Waals surface area contributed by atoms with Gasteiger partial charge in [-0.25, -0.2) is 0 Å². The van der Waals surface area contributed by atoms with Gasteiger partial charge in [-0.2, -0.15) is 0 Å². The van der Waals surface area contributed by atoms with Crippen LogP contribution in [0.3, 0.4) is 0 Å². The number of benzene rings is 2. The van der Waals surface area contributed by atoms with Crippen LogP contribution in [-0.4, -0.2) is 0 Å². The molecule has 75 valence electrons. The maximum Gasteiger partial charge on any atom is 0.0199 e. The first kappa shape index (κ1) is 9.97. The first-order chi connectivity index (χ1) is 7.24. The molecule has 0 heterocycles. The van der Waals surface area contributed by atoms with Gasteiger partial charge in [0.1, 0.15) is 0 Å². The van der Waals surface area contributed by atoms with Gasteiger partial charge in [0, 0.05) is 6.42 Å². The van der Waals surface area contributed by atoms with Gasteiger partial charge in [-0.3, -0.25) is 0 Å². The molecule has 0 aliphatic heterocycles. The van der Waals surface area contributed by atoms with Gasteiger partial charge in [0.15, 0.2) is 0 Å². The molecule has 0 aliphatic rings. The van der Waals surface area contributed by atoms with Crippen molar-refractivity contribution in [1.29, 1.82) is 0 Å². The summed E-state index contributed by atoms with van der Waals surface area (Å²) in [7, 11) is 0. The molecule has 0 nitrogen and oxygen atoms in total. The molecule has 0 unspecified atom stereocenters. The van der Waals surface area contributed by atoms with Crippen molar-refractivity contribution in [3.05, 3.63) is 77.2 Å². The second kappa shape index (κ2) is 4.31. The van der Waals surface area contributed by atoms with Crippen LogP contribution >= 0.6 is 0 Å². The van der Waals surface area contributed by atoms with E-state index in [1.54, 1.807) is 0 Å². The average molecular weight is 195 g/mol. The van der Waals surface area contributed by atoms with E-state index in [0.29, 0.717) is 0 Å². The lowest BCUT2D eigenvalue weighted by atomic mass is 10.0. The van der Waals surface area contributed by atoms with Crippen molar-refractivity contribution in [2.24, 2.45) is 0 Å². The topological polar surface area (TPSA) is 0 Å². The Labute approximate surface area is 91.6 Å². The zero-order valence-corrected chi connectivity index (χ0v) is 9.20. The van der Waals surface area contributed by atoms with Crippen molar-refractivity contribution in [2.45, 2.75) is 13.8 Å². The van der Waals surface area contributed by atoms with Gasteiger partial charge in [0.05, 0.1) is 0 Å². The molecule has 0 saturated heterocycles. The second-order valence-corrected chi connectivity index (χ2v) is 3.97. The quantitative estimate of drug-likeness (QED) is 0.681. The molecule has 0 spiro atoms. The van der Waals surface area contributed by atoms with Crippen LogP contribution in [0, 0.1) is 20.3 Å².